The van der Waals surface area contributed by atoms with E-state index in [2.05, 4.69) is 5.32 Å². The largest absolute Gasteiger partial charge is 0.497 e. The zero-order valence-electron chi connectivity index (χ0n) is 16.9. The van der Waals surface area contributed by atoms with Crippen molar-refractivity contribution in [2.24, 2.45) is 0 Å². The van der Waals surface area contributed by atoms with Crippen LogP contribution in [0.3, 0.4) is 0 Å². The minimum atomic E-state index is -0.543. The number of esters is 1. The molecule has 3 rings (SSSR count). The summed E-state index contributed by atoms with van der Waals surface area (Å²) >= 11 is 0. The second-order valence-corrected chi connectivity index (χ2v) is 6.51. The van der Waals surface area contributed by atoms with Gasteiger partial charge in [0.25, 0.3) is 5.91 Å². The van der Waals surface area contributed by atoms with Crippen molar-refractivity contribution in [1.82, 2.24) is 0 Å². The van der Waals surface area contributed by atoms with Crippen LogP contribution in [0.15, 0.2) is 72.8 Å². The number of methoxy groups -OCH3 is 2. The summed E-state index contributed by atoms with van der Waals surface area (Å²) in [6.45, 7) is -0.409. The molecule has 0 saturated heterocycles. The molecule has 6 nitrogen and oxygen atoms in total. The van der Waals surface area contributed by atoms with Gasteiger partial charge < -0.3 is 19.5 Å². The average molecular weight is 405 g/mol. The summed E-state index contributed by atoms with van der Waals surface area (Å²) in [6.07, 6.45) is 0.599. The molecule has 0 radical (unpaired) electrons. The third kappa shape index (κ3) is 5.38. The van der Waals surface area contributed by atoms with Crippen LogP contribution in [0.25, 0.3) is 0 Å². The van der Waals surface area contributed by atoms with Gasteiger partial charge in [0.15, 0.2) is 6.61 Å². The SMILES string of the molecule is COc1ccc(NC(=O)COC(=O)c2ccccc2Cc2ccccc2)c(OC)c1. The van der Waals surface area contributed by atoms with Crippen molar-refractivity contribution in [2.45, 2.75) is 6.42 Å². The topological polar surface area (TPSA) is 73.9 Å². The first-order valence-corrected chi connectivity index (χ1v) is 9.41. The molecule has 3 aromatic rings. The molecule has 1 N–H and O–H groups in total. The Bertz CT molecular complexity index is 1020. The fraction of sp³-hybridized carbons (Fsp3) is 0.167. The lowest BCUT2D eigenvalue weighted by Crippen LogP contribution is -2.21. The first-order valence-electron chi connectivity index (χ1n) is 9.41. The molecule has 0 saturated carbocycles. The van der Waals surface area contributed by atoms with Crippen molar-refractivity contribution in [3.63, 3.8) is 0 Å². The fourth-order valence-corrected chi connectivity index (χ4v) is 2.99. The molecule has 3 aromatic carbocycles. The zero-order chi connectivity index (χ0) is 21.3. The number of ether oxygens (including phenoxy) is 3. The van der Waals surface area contributed by atoms with Crippen LogP contribution in [0.5, 0.6) is 11.5 Å². The molecule has 0 spiro atoms. The fourth-order valence-electron chi connectivity index (χ4n) is 2.99. The minimum Gasteiger partial charge on any atom is -0.497 e. The highest BCUT2D eigenvalue weighted by Gasteiger charge is 2.15. The summed E-state index contributed by atoms with van der Waals surface area (Å²) in [5.74, 6) is 0.0410. The molecular formula is C24H23NO5. The summed E-state index contributed by atoms with van der Waals surface area (Å²) < 4.78 is 15.6. The van der Waals surface area contributed by atoms with Gasteiger partial charge in [-0.1, -0.05) is 48.5 Å². The predicted molar refractivity (Wildman–Crippen MR) is 114 cm³/mol. The molecule has 1 amide bonds. The quantitative estimate of drug-likeness (QED) is 0.572. The van der Waals surface area contributed by atoms with Crippen molar-refractivity contribution in [2.75, 3.05) is 26.1 Å². The van der Waals surface area contributed by atoms with Gasteiger partial charge in [0.1, 0.15) is 11.5 Å². The van der Waals surface area contributed by atoms with E-state index in [9.17, 15) is 9.59 Å². The van der Waals surface area contributed by atoms with Crippen molar-refractivity contribution < 1.29 is 23.8 Å². The Hall–Kier alpha value is -3.80. The standard InChI is InChI=1S/C24H23NO5/c1-28-19-12-13-21(22(15-19)29-2)25-23(26)16-30-24(27)20-11-7-6-10-18(20)14-17-8-4-3-5-9-17/h3-13,15H,14,16H2,1-2H3,(H,25,26). The maximum absolute atomic E-state index is 12.6. The summed E-state index contributed by atoms with van der Waals surface area (Å²) in [6, 6.07) is 22.1. The highest BCUT2D eigenvalue weighted by Crippen LogP contribution is 2.29. The molecule has 0 aliphatic rings. The van der Waals surface area contributed by atoms with Crippen molar-refractivity contribution in [1.29, 1.82) is 0 Å². The molecule has 154 valence electrons. The average Bonchev–Trinajstić information content (AvgIpc) is 2.78. The smallest absolute Gasteiger partial charge is 0.338 e. The third-order valence-electron chi connectivity index (χ3n) is 4.49. The normalized spacial score (nSPS) is 10.2. The van der Waals surface area contributed by atoms with Crippen LogP contribution in [0.2, 0.25) is 0 Å². The Morgan fingerprint density at radius 1 is 0.867 bits per heavy atom. The van der Waals surface area contributed by atoms with Gasteiger partial charge in [-0.2, -0.15) is 0 Å². The number of carbonyl (C=O) groups is 2. The number of amides is 1. The van der Waals surface area contributed by atoms with Crippen LogP contribution in [-0.2, 0) is 16.0 Å². The van der Waals surface area contributed by atoms with Crippen LogP contribution >= 0.6 is 0 Å². The Morgan fingerprint density at radius 2 is 1.60 bits per heavy atom. The molecule has 0 aliphatic heterocycles. The van der Waals surface area contributed by atoms with Crippen LogP contribution in [0.1, 0.15) is 21.5 Å². The monoisotopic (exact) mass is 405 g/mol. The highest BCUT2D eigenvalue weighted by molar-refractivity contribution is 5.97. The Kier molecular flexibility index (Phi) is 7.05. The van der Waals surface area contributed by atoms with E-state index in [1.807, 2.05) is 42.5 Å². The maximum atomic E-state index is 12.6. The van der Waals surface area contributed by atoms with Gasteiger partial charge in [0, 0.05) is 6.07 Å². The van der Waals surface area contributed by atoms with Crippen LogP contribution < -0.4 is 14.8 Å². The Labute approximate surface area is 175 Å². The van der Waals surface area contributed by atoms with Crippen molar-refractivity contribution in [3.8, 4) is 11.5 Å². The van der Waals surface area contributed by atoms with Crippen molar-refractivity contribution in [3.05, 3.63) is 89.5 Å². The van der Waals surface area contributed by atoms with Crippen LogP contribution in [0.4, 0.5) is 5.69 Å². The lowest BCUT2D eigenvalue weighted by molar-refractivity contribution is -0.119. The van der Waals surface area contributed by atoms with E-state index in [0.717, 1.165) is 11.1 Å². The molecular weight excluding hydrogens is 382 g/mol. The number of hydrogen-bond donors (Lipinski definition) is 1. The van der Waals surface area contributed by atoms with E-state index >= 15 is 0 Å². The molecule has 0 unspecified atom stereocenters. The van der Waals surface area contributed by atoms with E-state index in [4.69, 9.17) is 14.2 Å². The van der Waals surface area contributed by atoms with Crippen molar-refractivity contribution >= 4 is 17.6 Å². The molecule has 0 aliphatic carbocycles. The van der Waals surface area contributed by atoms with Crippen LogP contribution in [-0.4, -0.2) is 32.7 Å². The number of benzene rings is 3. The van der Waals surface area contributed by atoms with Gasteiger partial charge in [0.2, 0.25) is 0 Å². The summed E-state index contributed by atoms with van der Waals surface area (Å²) in [5, 5.41) is 2.68. The van der Waals surface area contributed by atoms with Crippen LogP contribution in [0, 0.1) is 0 Å². The van der Waals surface area contributed by atoms with Gasteiger partial charge in [-0.05, 0) is 35.7 Å². The minimum absolute atomic E-state index is 0.409. The lowest BCUT2D eigenvalue weighted by atomic mass is 10.00. The van der Waals surface area contributed by atoms with Gasteiger partial charge in [-0.15, -0.1) is 0 Å². The number of anilines is 1. The third-order valence-corrected chi connectivity index (χ3v) is 4.49. The molecule has 0 aromatic heterocycles. The predicted octanol–water partition coefficient (Wildman–Crippen LogP) is 4.09. The first kappa shape index (κ1) is 20.9. The molecule has 0 heterocycles. The van der Waals surface area contributed by atoms with E-state index in [1.165, 1.54) is 7.11 Å². The van der Waals surface area contributed by atoms with Gasteiger partial charge in [-0.25, -0.2) is 4.79 Å². The van der Waals surface area contributed by atoms with Gasteiger partial charge in [-0.3, -0.25) is 4.79 Å². The number of hydrogen-bond acceptors (Lipinski definition) is 5. The Morgan fingerprint density at radius 3 is 2.33 bits per heavy atom. The molecule has 0 fully saturated rings. The van der Waals surface area contributed by atoms with Gasteiger partial charge >= 0.3 is 5.97 Å². The molecule has 6 heteroatoms. The van der Waals surface area contributed by atoms with E-state index in [1.54, 1.807) is 37.4 Å². The van der Waals surface area contributed by atoms with E-state index < -0.39 is 18.5 Å². The summed E-state index contributed by atoms with van der Waals surface area (Å²) in [7, 11) is 3.04. The highest BCUT2D eigenvalue weighted by atomic mass is 16.5. The number of nitrogens with one attached hydrogen (secondary N) is 1. The summed E-state index contributed by atoms with van der Waals surface area (Å²) in [4.78, 5) is 24.8. The zero-order valence-corrected chi connectivity index (χ0v) is 16.9. The van der Waals surface area contributed by atoms with E-state index in [0.29, 0.717) is 29.2 Å². The second-order valence-electron chi connectivity index (χ2n) is 6.51. The second kappa shape index (κ2) is 10.1. The Balaban J connectivity index is 1.63. The summed E-state index contributed by atoms with van der Waals surface area (Å²) in [5.41, 5.74) is 2.83. The number of rotatable bonds is 8. The molecule has 0 atom stereocenters. The molecule has 0 bridgehead atoms. The van der Waals surface area contributed by atoms with E-state index in [-0.39, 0.29) is 0 Å². The maximum Gasteiger partial charge on any atom is 0.338 e. The molecule has 30 heavy (non-hydrogen) atoms. The van der Waals surface area contributed by atoms with Gasteiger partial charge in [0.05, 0.1) is 25.5 Å². The number of carbonyl (C=O) groups excluding carboxylic acids is 2. The first-order chi connectivity index (χ1) is 14.6. The lowest BCUT2D eigenvalue weighted by Gasteiger charge is -2.12.